The second kappa shape index (κ2) is 5.79. The van der Waals surface area contributed by atoms with Crippen LogP contribution in [0.3, 0.4) is 0 Å². The Labute approximate surface area is 128 Å². The van der Waals surface area contributed by atoms with E-state index in [1.807, 2.05) is 17.0 Å². The standard InChI is InChI=1S/C16H20N2O4/c1-20-12-9-10-8-11(16(19)18-6-4-5-7-18)17-13(10)15(22-3)14(12)21-2/h8-9,17H,4-7H2,1-3H3. The number of aromatic amines is 1. The number of nitrogens with one attached hydrogen (secondary N) is 1. The van der Waals surface area contributed by atoms with Crippen LogP contribution in [0, 0.1) is 0 Å². The second-order valence-corrected chi connectivity index (χ2v) is 5.29. The Balaban J connectivity index is 2.10. The molecule has 1 fully saturated rings. The summed E-state index contributed by atoms with van der Waals surface area (Å²) in [5.41, 5.74) is 1.30. The van der Waals surface area contributed by atoms with E-state index in [2.05, 4.69) is 4.98 Å². The van der Waals surface area contributed by atoms with Gasteiger partial charge in [-0.2, -0.15) is 0 Å². The van der Waals surface area contributed by atoms with Gasteiger partial charge in [0.2, 0.25) is 5.75 Å². The van der Waals surface area contributed by atoms with E-state index >= 15 is 0 Å². The number of rotatable bonds is 4. The molecule has 0 aliphatic carbocycles. The number of hydrogen-bond donors (Lipinski definition) is 1. The van der Waals surface area contributed by atoms with Crippen molar-refractivity contribution in [3.8, 4) is 17.2 Å². The molecule has 1 saturated heterocycles. The van der Waals surface area contributed by atoms with Gasteiger partial charge in [0.1, 0.15) is 5.69 Å². The zero-order valence-electron chi connectivity index (χ0n) is 13.1. The van der Waals surface area contributed by atoms with Gasteiger partial charge in [-0.1, -0.05) is 0 Å². The second-order valence-electron chi connectivity index (χ2n) is 5.29. The lowest BCUT2D eigenvalue weighted by atomic mass is 10.2. The molecule has 1 aromatic carbocycles. The maximum atomic E-state index is 12.5. The maximum absolute atomic E-state index is 12.5. The van der Waals surface area contributed by atoms with E-state index < -0.39 is 0 Å². The van der Waals surface area contributed by atoms with E-state index in [1.165, 1.54) is 0 Å². The number of amides is 1. The smallest absolute Gasteiger partial charge is 0.270 e. The molecule has 1 aliphatic heterocycles. The molecule has 6 heteroatoms. The van der Waals surface area contributed by atoms with Crippen LogP contribution in [0.1, 0.15) is 23.3 Å². The molecule has 0 radical (unpaired) electrons. The summed E-state index contributed by atoms with van der Waals surface area (Å²) in [6, 6.07) is 3.68. The summed E-state index contributed by atoms with van der Waals surface area (Å²) in [5.74, 6) is 1.65. The number of nitrogens with zero attached hydrogens (tertiary/aromatic N) is 1. The number of aromatic nitrogens is 1. The number of hydrogen-bond acceptors (Lipinski definition) is 4. The molecule has 0 atom stereocenters. The molecule has 118 valence electrons. The molecular weight excluding hydrogens is 284 g/mol. The topological polar surface area (TPSA) is 63.8 Å². The SMILES string of the molecule is COc1cc2cc(C(=O)N3CCCC3)[nH]c2c(OC)c1OC. The lowest BCUT2D eigenvalue weighted by molar-refractivity contribution is 0.0788. The Morgan fingerprint density at radius 3 is 2.32 bits per heavy atom. The van der Waals surface area contributed by atoms with Gasteiger partial charge in [0.05, 0.1) is 26.8 Å². The minimum Gasteiger partial charge on any atom is -0.493 e. The highest BCUT2D eigenvalue weighted by molar-refractivity contribution is 6.01. The third-order valence-corrected chi connectivity index (χ3v) is 4.04. The molecule has 3 rings (SSSR count). The number of benzene rings is 1. The highest BCUT2D eigenvalue weighted by atomic mass is 16.5. The highest BCUT2D eigenvalue weighted by Gasteiger charge is 2.23. The van der Waals surface area contributed by atoms with Crippen LogP contribution in [0.25, 0.3) is 10.9 Å². The van der Waals surface area contributed by atoms with Crippen molar-refractivity contribution in [2.24, 2.45) is 0 Å². The van der Waals surface area contributed by atoms with E-state index in [0.717, 1.165) is 36.8 Å². The number of ether oxygens (including phenoxy) is 3. The number of H-pyrrole nitrogens is 1. The molecule has 1 amide bonds. The largest absolute Gasteiger partial charge is 0.493 e. The van der Waals surface area contributed by atoms with Gasteiger partial charge in [0, 0.05) is 18.5 Å². The van der Waals surface area contributed by atoms with E-state index in [0.29, 0.717) is 22.9 Å². The van der Waals surface area contributed by atoms with Crippen LogP contribution in [0.15, 0.2) is 12.1 Å². The predicted octanol–water partition coefficient (Wildman–Crippen LogP) is 2.43. The predicted molar refractivity (Wildman–Crippen MR) is 83.1 cm³/mol. The monoisotopic (exact) mass is 304 g/mol. The molecule has 1 N–H and O–H groups in total. The normalized spacial score (nSPS) is 14.4. The summed E-state index contributed by atoms with van der Waals surface area (Å²) in [4.78, 5) is 17.5. The third kappa shape index (κ3) is 2.24. The van der Waals surface area contributed by atoms with Gasteiger partial charge in [0.15, 0.2) is 11.5 Å². The van der Waals surface area contributed by atoms with Gasteiger partial charge in [-0.25, -0.2) is 0 Å². The van der Waals surface area contributed by atoms with Gasteiger partial charge in [0.25, 0.3) is 5.91 Å². The fraction of sp³-hybridized carbons (Fsp3) is 0.438. The highest BCUT2D eigenvalue weighted by Crippen LogP contribution is 2.43. The molecule has 0 unspecified atom stereocenters. The molecular formula is C16H20N2O4. The van der Waals surface area contributed by atoms with Gasteiger partial charge >= 0.3 is 0 Å². The van der Waals surface area contributed by atoms with Crippen LogP contribution in [0.5, 0.6) is 17.2 Å². The summed E-state index contributed by atoms with van der Waals surface area (Å²) >= 11 is 0. The lowest BCUT2D eigenvalue weighted by Crippen LogP contribution is -2.27. The molecule has 0 bridgehead atoms. The Bertz CT molecular complexity index is 702. The first kappa shape index (κ1) is 14.6. The first-order valence-electron chi connectivity index (χ1n) is 7.30. The van der Waals surface area contributed by atoms with Crippen LogP contribution < -0.4 is 14.2 Å². The Hall–Kier alpha value is -2.37. The van der Waals surface area contributed by atoms with Crippen molar-refractivity contribution in [2.75, 3.05) is 34.4 Å². The number of methoxy groups -OCH3 is 3. The summed E-state index contributed by atoms with van der Waals surface area (Å²) in [7, 11) is 4.71. The lowest BCUT2D eigenvalue weighted by Gasteiger charge is -2.13. The van der Waals surface area contributed by atoms with E-state index in [9.17, 15) is 4.79 Å². The maximum Gasteiger partial charge on any atom is 0.270 e. The van der Waals surface area contributed by atoms with Crippen LogP contribution in [0.2, 0.25) is 0 Å². The summed E-state index contributed by atoms with van der Waals surface area (Å²) < 4.78 is 16.2. The van der Waals surface area contributed by atoms with E-state index in [-0.39, 0.29) is 5.91 Å². The third-order valence-electron chi connectivity index (χ3n) is 4.04. The molecule has 0 spiro atoms. The fourth-order valence-electron chi connectivity index (χ4n) is 2.95. The average Bonchev–Trinajstić information content (AvgIpc) is 3.21. The number of carbonyl (C=O) groups excluding carboxylic acids is 1. The van der Waals surface area contributed by atoms with Crippen molar-refractivity contribution in [1.29, 1.82) is 0 Å². The van der Waals surface area contributed by atoms with Crippen LogP contribution in [-0.2, 0) is 0 Å². The van der Waals surface area contributed by atoms with Crippen LogP contribution in [-0.4, -0.2) is 50.2 Å². The molecule has 2 aromatic rings. The summed E-state index contributed by atoms with van der Waals surface area (Å²) in [6.45, 7) is 1.63. The van der Waals surface area contributed by atoms with Crippen molar-refractivity contribution in [2.45, 2.75) is 12.8 Å². The first-order valence-corrected chi connectivity index (χ1v) is 7.30. The molecule has 2 heterocycles. The van der Waals surface area contributed by atoms with Crippen LogP contribution in [0.4, 0.5) is 0 Å². The number of carbonyl (C=O) groups is 1. The van der Waals surface area contributed by atoms with Crippen molar-refractivity contribution >= 4 is 16.8 Å². The minimum absolute atomic E-state index is 0.0219. The number of likely N-dealkylation sites (tertiary alicyclic amines) is 1. The Morgan fingerprint density at radius 1 is 1.05 bits per heavy atom. The quantitative estimate of drug-likeness (QED) is 0.942. The summed E-state index contributed by atoms with van der Waals surface area (Å²) in [5, 5.41) is 0.858. The van der Waals surface area contributed by atoms with Gasteiger partial charge in [-0.15, -0.1) is 0 Å². The van der Waals surface area contributed by atoms with Crippen molar-refractivity contribution in [3.63, 3.8) is 0 Å². The van der Waals surface area contributed by atoms with Crippen molar-refractivity contribution < 1.29 is 19.0 Å². The van der Waals surface area contributed by atoms with E-state index in [4.69, 9.17) is 14.2 Å². The van der Waals surface area contributed by atoms with E-state index in [1.54, 1.807) is 21.3 Å². The van der Waals surface area contributed by atoms with Crippen LogP contribution >= 0.6 is 0 Å². The van der Waals surface area contributed by atoms with Gasteiger partial charge < -0.3 is 24.1 Å². The Kier molecular flexibility index (Phi) is 3.83. The van der Waals surface area contributed by atoms with Gasteiger partial charge in [-0.05, 0) is 25.0 Å². The van der Waals surface area contributed by atoms with Crippen molar-refractivity contribution in [3.05, 3.63) is 17.8 Å². The van der Waals surface area contributed by atoms with Crippen molar-refractivity contribution in [1.82, 2.24) is 9.88 Å². The summed E-state index contributed by atoms with van der Waals surface area (Å²) in [6.07, 6.45) is 2.13. The molecule has 1 aliphatic rings. The zero-order chi connectivity index (χ0) is 15.7. The van der Waals surface area contributed by atoms with Gasteiger partial charge in [-0.3, -0.25) is 4.79 Å². The Morgan fingerprint density at radius 2 is 1.73 bits per heavy atom. The first-order chi connectivity index (χ1) is 10.7. The average molecular weight is 304 g/mol. The fourth-order valence-corrected chi connectivity index (χ4v) is 2.95. The molecule has 22 heavy (non-hydrogen) atoms. The molecule has 0 saturated carbocycles. The number of fused-ring (bicyclic) bond motifs is 1. The molecule has 1 aromatic heterocycles. The molecule has 6 nitrogen and oxygen atoms in total. The minimum atomic E-state index is 0.0219. The zero-order valence-corrected chi connectivity index (χ0v) is 13.1.